The highest BCUT2D eigenvalue weighted by Gasteiger charge is 2.34. The second kappa shape index (κ2) is 6.85. The van der Waals surface area contributed by atoms with Gasteiger partial charge in [0.15, 0.2) is 0 Å². The van der Waals surface area contributed by atoms with E-state index in [4.69, 9.17) is 4.74 Å². The number of amides is 3. The van der Waals surface area contributed by atoms with E-state index in [-0.39, 0.29) is 30.9 Å². The van der Waals surface area contributed by atoms with Crippen LogP contribution in [0.15, 0.2) is 24.3 Å². The van der Waals surface area contributed by atoms with E-state index in [1.54, 1.807) is 24.3 Å². The van der Waals surface area contributed by atoms with Gasteiger partial charge in [0.05, 0.1) is 11.1 Å². The van der Waals surface area contributed by atoms with Gasteiger partial charge in [-0.25, -0.2) is 0 Å². The molecule has 0 aliphatic carbocycles. The number of imide groups is 1. The first-order valence-corrected chi connectivity index (χ1v) is 7.98. The number of methoxy groups -OCH3 is 1. The van der Waals surface area contributed by atoms with Crippen LogP contribution in [-0.4, -0.2) is 53.1 Å². The van der Waals surface area contributed by atoms with Crippen molar-refractivity contribution in [2.24, 2.45) is 0 Å². The van der Waals surface area contributed by atoms with Crippen LogP contribution in [0.2, 0.25) is 0 Å². The molecule has 0 radical (unpaired) electrons. The number of ether oxygens (including phenoxy) is 1. The summed E-state index contributed by atoms with van der Waals surface area (Å²) < 4.78 is 4.71. The van der Waals surface area contributed by atoms with Crippen molar-refractivity contribution in [2.75, 3.05) is 25.6 Å². The van der Waals surface area contributed by atoms with Crippen molar-refractivity contribution in [1.29, 1.82) is 0 Å². The Labute approximate surface area is 141 Å². The van der Waals surface area contributed by atoms with Gasteiger partial charge in [-0.15, -0.1) is 10.2 Å². The van der Waals surface area contributed by atoms with Gasteiger partial charge in [0.2, 0.25) is 5.13 Å². The van der Waals surface area contributed by atoms with Crippen LogP contribution in [0, 0.1) is 0 Å². The lowest BCUT2D eigenvalue weighted by Gasteiger charge is -2.12. The third kappa shape index (κ3) is 3.17. The molecule has 0 atom stereocenters. The molecule has 1 aromatic carbocycles. The van der Waals surface area contributed by atoms with Crippen molar-refractivity contribution in [2.45, 2.75) is 6.42 Å². The summed E-state index contributed by atoms with van der Waals surface area (Å²) in [6, 6.07) is 6.74. The molecule has 1 aromatic heterocycles. The Kier molecular flexibility index (Phi) is 4.63. The first-order chi connectivity index (χ1) is 11.6. The third-order valence-corrected chi connectivity index (χ3v) is 4.31. The molecule has 2 aromatic rings. The van der Waals surface area contributed by atoms with E-state index in [1.165, 1.54) is 23.3 Å². The number of carbonyl (C=O) groups is 3. The maximum Gasteiger partial charge on any atom is 0.261 e. The van der Waals surface area contributed by atoms with Crippen molar-refractivity contribution < 1.29 is 19.1 Å². The number of nitrogens with one attached hydrogen (secondary N) is 1. The fraction of sp³-hybridized carbons (Fsp3) is 0.267. The molecule has 9 heteroatoms. The highest BCUT2D eigenvalue weighted by molar-refractivity contribution is 7.15. The summed E-state index contributed by atoms with van der Waals surface area (Å²) in [5.41, 5.74) is 0.847. The second-order valence-corrected chi connectivity index (χ2v) is 6.10. The Morgan fingerprint density at radius 1 is 1.21 bits per heavy atom. The Balaban J connectivity index is 1.61. The Bertz CT molecular complexity index is 769. The number of carbonyl (C=O) groups excluding carboxylic acids is 3. The summed E-state index contributed by atoms with van der Waals surface area (Å²) in [5, 5.41) is 11.3. The Morgan fingerprint density at radius 2 is 1.88 bits per heavy atom. The number of hydrogen-bond acceptors (Lipinski definition) is 7. The zero-order valence-electron chi connectivity index (χ0n) is 12.8. The van der Waals surface area contributed by atoms with Crippen molar-refractivity contribution in [3.63, 3.8) is 0 Å². The highest BCUT2D eigenvalue weighted by atomic mass is 32.1. The third-order valence-electron chi connectivity index (χ3n) is 3.42. The molecule has 124 valence electrons. The van der Waals surface area contributed by atoms with Crippen LogP contribution in [0.25, 0.3) is 0 Å². The zero-order chi connectivity index (χ0) is 17.1. The van der Waals surface area contributed by atoms with Gasteiger partial charge in [0.1, 0.15) is 11.6 Å². The van der Waals surface area contributed by atoms with Crippen molar-refractivity contribution in [3.8, 4) is 0 Å². The molecule has 0 saturated heterocycles. The topological polar surface area (TPSA) is 101 Å². The van der Waals surface area contributed by atoms with Gasteiger partial charge in [-0.3, -0.25) is 24.6 Å². The number of anilines is 1. The smallest absolute Gasteiger partial charge is 0.261 e. The molecule has 0 spiro atoms. The molecule has 1 aliphatic rings. The summed E-state index contributed by atoms with van der Waals surface area (Å²) in [7, 11) is 1.42. The molecule has 0 unspecified atom stereocenters. The highest BCUT2D eigenvalue weighted by Crippen LogP contribution is 2.23. The lowest BCUT2D eigenvalue weighted by molar-refractivity contribution is -0.119. The maximum atomic E-state index is 12.3. The first kappa shape index (κ1) is 16.2. The Morgan fingerprint density at radius 3 is 2.50 bits per heavy atom. The zero-order valence-corrected chi connectivity index (χ0v) is 13.6. The van der Waals surface area contributed by atoms with E-state index in [9.17, 15) is 14.4 Å². The minimum Gasteiger partial charge on any atom is -0.375 e. The summed E-state index contributed by atoms with van der Waals surface area (Å²) in [6.45, 7) is 0.150. The molecule has 3 amide bonds. The van der Waals surface area contributed by atoms with Gasteiger partial charge >= 0.3 is 0 Å². The second-order valence-electron chi connectivity index (χ2n) is 5.04. The minimum atomic E-state index is -0.319. The van der Waals surface area contributed by atoms with E-state index in [1.807, 2.05) is 0 Å². The summed E-state index contributed by atoms with van der Waals surface area (Å²) >= 11 is 1.20. The summed E-state index contributed by atoms with van der Waals surface area (Å²) in [5.74, 6) is -0.914. The van der Waals surface area contributed by atoms with Gasteiger partial charge in [0, 0.05) is 20.1 Å². The molecule has 24 heavy (non-hydrogen) atoms. The molecule has 1 N–H and O–H groups in total. The maximum absolute atomic E-state index is 12.3. The molecule has 0 fully saturated rings. The van der Waals surface area contributed by atoms with Crippen LogP contribution >= 0.6 is 11.3 Å². The number of rotatable bonds is 6. The van der Waals surface area contributed by atoms with E-state index >= 15 is 0 Å². The normalized spacial score (nSPS) is 13.3. The van der Waals surface area contributed by atoms with Gasteiger partial charge in [0.25, 0.3) is 17.7 Å². The quantitative estimate of drug-likeness (QED) is 0.782. The van der Waals surface area contributed by atoms with Crippen molar-refractivity contribution >= 4 is 34.2 Å². The SMILES string of the molecule is COCC(=O)Nc1nnc(CCN2C(=O)c3ccccc3C2=O)s1. The molecular weight excluding hydrogens is 332 g/mol. The van der Waals surface area contributed by atoms with Gasteiger partial charge in [-0.2, -0.15) is 0 Å². The standard InChI is InChI=1S/C15H14N4O4S/c1-23-8-11(20)16-15-18-17-12(24-15)6-7-19-13(21)9-4-2-3-5-10(9)14(19)22/h2-5H,6-8H2,1H3,(H,16,18,20). The number of nitrogens with zero attached hydrogens (tertiary/aromatic N) is 3. The average Bonchev–Trinajstić information content (AvgIpc) is 3.10. The van der Waals surface area contributed by atoms with Crippen LogP contribution in [0.1, 0.15) is 25.7 Å². The first-order valence-electron chi connectivity index (χ1n) is 7.16. The number of hydrogen-bond donors (Lipinski definition) is 1. The fourth-order valence-corrected chi connectivity index (χ4v) is 3.09. The van der Waals surface area contributed by atoms with Crippen molar-refractivity contribution in [1.82, 2.24) is 15.1 Å². The van der Waals surface area contributed by atoms with Crippen LogP contribution in [0.5, 0.6) is 0 Å². The van der Waals surface area contributed by atoms with Gasteiger partial charge in [-0.1, -0.05) is 23.5 Å². The molecule has 3 rings (SSSR count). The summed E-state index contributed by atoms with van der Waals surface area (Å²) in [4.78, 5) is 37.1. The number of fused-ring (bicyclic) bond motifs is 1. The van der Waals surface area contributed by atoms with Crippen LogP contribution in [0.4, 0.5) is 5.13 Å². The molecule has 8 nitrogen and oxygen atoms in total. The number of aromatic nitrogens is 2. The van der Waals surface area contributed by atoms with Crippen LogP contribution < -0.4 is 5.32 Å². The molecule has 2 heterocycles. The molecule has 0 saturated carbocycles. The predicted octanol–water partition coefficient (Wildman–Crippen LogP) is 0.962. The lowest BCUT2D eigenvalue weighted by atomic mass is 10.1. The molecule has 0 bridgehead atoms. The average molecular weight is 346 g/mol. The van der Waals surface area contributed by atoms with Gasteiger partial charge < -0.3 is 4.74 Å². The Hall–Kier alpha value is -2.65. The molecular formula is C15H14N4O4S. The lowest BCUT2D eigenvalue weighted by Crippen LogP contribution is -2.31. The van der Waals surface area contributed by atoms with E-state index in [2.05, 4.69) is 15.5 Å². The van der Waals surface area contributed by atoms with Crippen molar-refractivity contribution in [3.05, 3.63) is 40.4 Å². The van der Waals surface area contributed by atoms with E-state index < -0.39 is 0 Å². The summed E-state index contributed by atoms with van der Waals surface area (Å²) in [6.07, 6.45) is 0.378. The minimum absolute atomic E-state index is 0.0655. The molecule has 1 aliphatic heterocycles. The number of benzene rings is 1. The monoisotopic (exact) mass is 346 g/mol. The van der Waals surface area contributed by atoms with Crippen LogP contribution in [0.3, 0.4) is 0 Å². The predicted molar refractivity (Wildman–Crippen MR) is 85.9 cm³/mol. The van der Waals surface area contributed by atoms with Gasteiger partial charge in [-0.05, 0) is 12.1 Å². The van der Waals surface area contributed by atoms with Crippen LogP contribution in [-0.2, 0) is 16.0 Å². The van der Waals surface area contributed by atoms with E-state index in [0.717, 1.165) is 0 Å². The largest absolute Gasteiger partial charge is 0.375 e. The fourth-order valence-electron chi connectivity index (χ4n) is 2.34. The van der Waals surface area contributed by atoms with E-state index in [0.29, 0.717) is 27.7 Å².